The quantitative estimate of drug-likeness (QED) is 0.744. The lowest BCUT2D eigenvalue weighted by Gasteiger charge is -2.26. The predicted octanol–water partition coefficient (Wildman–Crippen LogP) is 4.14. The van der Waals surface area contributed by atoms with Crippen LogP contribution in [-0.2, 0) is 4.74 Å². The summed E-state index contributed by atoms with van der Waals surface area (Å²) in [6.07, 6.45) is -0.532. The van der Waals surface area contributed by atoms with E-state index in [0.717, 1.165) is 9.98 Å². The van der Waals surface area contributed by atoms with Gasteiger partial charge in [-0.25, -0.2) is 9.21 Å². The summed E-state index contributed by atoms with van der Waals surface area (Å²) in [7, 11) is 0. The Morgan fingerprint density at radius 3 is 2.29 bits per heavy atom. The molecule has 1 rings (SSSR count). The van der Waals surface area contributed by atoms with Crippen molar-refractivity contribution in [2.45, 2.75) is 39.3 Å². The maximum absolute atomic E-state index is 11.7. The lowest BCUT2D eigenvalue weighted by molar-refractivity contribution is 0.0348. The third-order valence-corrected chi connectivity index (χ3v) is 2.62. The minimum Gasteiger partial charge on any atom is -0.443 e. The Labute approximate surface area is 107 Å². The van der Waals surface area contributed by atoms with E-state index < -0.39 is 11.7 Å². The zero-order valence-corrected chi connectivity index (χ0v) is 11.4. The number of halogens is 1. The maximum Gasteiger partial charge on any atom is 0.425 e. The lowest BCUT2D eigenvalue weighted by Crippen LogP contribution is -2.32. The fourth-order valence-electron chi connectivity index (χ4n) is 1.33. The zero-order chi connectivity index (χ0) is 13.1. The number of nitrogens with zero attached hydrogens (tertiary/aromatic N) is 1. The van der Waals surface area contributed by atoms with Crippen LogP contribution in [0.4, 0.5) is 4.79 Å². The van der Waals surface area contributed by atoms with Gasteiger partial charge in [0.05, 0.1) is 6.04 Å². The van der Waals surface area contributed by atoms with Gasteiger partial charge in [-0.3, -0.25) is 0 Å². The van der Waals surface area contributed by atoms with Crippen LogP contribution in [0.5, 0.6) is 0 Å². The normalized spacial score (nSPS) is 13.0. The van der Waals surface area contributed by atoms with Crippen molar-refractivity contribution in [3.05, 3.63) is 35.9 Å². The molecule has 1 unspecified atom stereocenters. The van der Waals surface area contributed by atoms with Crippen LogP contribution in [0.2, 0.25) is 0 Å². The molecule has 1 aromatic carbocycles. The molecule has 1 amide bonds. The van der Waals surface area contributed by atoms with E-state index in [9.17, 15) is 4.79 Å². The van der Waals surface area contributed by atoms with Crippen LogP contribution in [0.3, 0.4) is 0 Å². The van der Waals surface area contributed by atoms with Crippen LogP contribution in [-0.4, -0.2) is 16.1 Å². The van der Waals surface area contributed by atoms with E-state index in [0.29, 0.717) is 0 Å². The van der Waals surface area contributed by atoms with E-state index in [1.807, 2.05) is 58.0 Å². The third kappa shape index (κ3) is 4.27. The average molecular weight is 256 g/mol. The molecule has 1 atom stereocenters. The van der Waals surface area contributed by atoms with Crippen molar-refractivity contribution >= 4 is 17.9 Å². The van der Waals surface area contributed by atoms with Crippen LogP contribution in [0.15, 0.2) is 30.3 Å². The molecule has 0 saturated heterocycles. The number of hydrogen-bond acceptors (Lipinski definition) is 2. The monoisotopic (exact) mass is 255 g/mol. The van der Waals surface area contributed by atoms with Gasteiger partial charge >= 0.3 is 6.09 Å². The van der Waals surface area contributed by atoms with Gasteiger partial charge < -0.3 is 4.74 Å². The lowest BCUT2D eigenvalue weighted by atomic mass is 10.1. The van der Waals surface area contributed by atoms with E-state index in [1.165, 1.54) is 0 Å². The van der Waals surface area contributed by atoms with Crippen LogP contribution in [0.1, 0.15) is 39.3 Å². The Balaban J connectivity index is 2.70. The number of hydrogen-bond donors (Lipinski definition) is 0. The Kier molecular flexibility index (Phi) is 4.40. The molecule has 3 nitrogen and oxygen atoms in total. The van der Waals surface area contributed by atoms with Crippen molar-refractivity contribution in [3.63, 3.8) is 0 Å². The summed E-state index contributed by atoms with van der Waals surface area (Å²) in [6, 6.07) is 9.35. The van der Waals surface area contributed by atoms with Crippen LogP contribution in [0, 0.1) is 0 Å². The molecule has 0 aliphatic carbocycles. The highest BCUT2D eigenvalue weighted by atomic mass is 35.5. The van der Waals surface area contributed by atoms with Crippen LogP contribution >= 0.6 is 11.8 Å². The molecule has 0 spiro atoms. The Hall–Kier alpha value is -1.22. The predicted molar refractivity (Wildman–Crippen MR) is 68.8 cm³/mol. The summed E-state index contributed by atoms with van der Waals surface area (Å²) in [5, 5.41) is 0. The van der Waals surface area contributed by atoms with Gasteiger partial charge in [0, 0.05) is 11.8 Å². The van der Waals surface area contributed by atoms with Gasteiger partial charge in [-0.15, -0.1) is 0 Å². The molecule has 0 aliphatic rings. The van der Waals surface area contributed by atoms with Crippen molar-refractivity contribution in [1.82, 2.24) is 4.42 Å². The highest BCUT2D eigenvalue weighted by molar-refractivity contribution is 6.20. The second kappa shape index (κ2) is 5.41. The fourth-order valence-corrected chi connectivity index (χ4v) is 1.47. The van der Waals surface area contributed by atoms with E-state index in [4.69, 9.17) is 16.5 Å². The van der Waals surface area contributed by atoms with Gasteiger partial charge in [0.2, 0.25) is 0 Å². The van der Waals surface area contributed by atoms with Crippen LogP contribution < -0.4 is 0 Å². The first-order valence-corrected chi connectivity index (χ1v) is 5.88. The molecule has 17 heavy (non-hydrogen) atoms. The minimum atomic E-state index is -0.541. The van der Waals surface area contributed by atoms with Gasteiger partial charge in [-0.1, -0.05) is 30.3 Å². The number of carbonyl (C=O) groups excluding carboxylic acids is 1. The molecule has 0 N–H and O–H groups in total. The fraction of sp³-hybridized carbons (Fsp3) is 0.462. The topological polar surface area (TPSA) is 29.5 Å². The standard InChI is InChI=1S/C13H18ClNO2/c1-10(11-8-6-5-7-9-11)15(14)12(16)17-13(2,3)4/h5-10H,1-4H3. The summed E-state index contributed by atoms with van der Waals surface area (Å²) < 4.78 is 6.28. The Bertz CT molecular complexity index is 373. The van der Waals surface area contributed by atoms with E-state index >= 15 is 0 Å². The summed E-state index contributed by atoms with van der Waals surface area (Å²) >= 11 is 5.98. The summed E-state index contributed by atoms with van der Waals surface area (Å²) in [5.74, 6) is 0. The smallest absolute Gasteiger partial charge is 0.425 e. The maximum atomic E-state index is 11.7. The first-order chi connectivity index (χ1) is 7.81. The van der Waals surface area contributed by atoms with Crippen molar-refractivity contribution in [2.24, 2.45) is 0 Å². The zero-order valence-electron chi connectivity index (χ0n) is 10.6. The van der Waals surface area contributed by atoms with Crippen molar-refractivity contribution in [2.75, 3.05) is 0 Å². The molecule has 0 bridgehead atoms. The van der Waals surface area contributed by atoms with Crippen molar-refractivity contribution in [1.29, 1.82) is 0 Å². The summed E-state index contributed by atoms with van der Waals surface area (Å²) in [4.78, 5) is 11.7. The second-order valence-corrected chi connectivity index (χ2v) is 5.24. The van der Waals surface area contributed by atoms with Crippen molar-refractivity contribution < 1.29 is 9.53 Å². The first-order valence-electron chi connectivity index (χ1n) is 5.54. The number of carbonyl (C=O) groups is 1. The largest absolute Gasteiger partial charge is 0.443 e. The van der Waals surface area contributed by atoms with E-state index in [2.05, 4.69) is 0 Å². The second-order valence-electron chi connectivity index (χ2n) is 4.88. The SMILES string of the molecule is CC(c1ccccc1)N(Cl)C(=O)OC(C)(C)C. The summed E-state index contributed by atoms with van der Waals surface area (Å²) in [5.41, 5.74) is 0.425. The summed E-state index contributed by atoms with van der Waals surface area (Å²) in [6.45, 7) is 7.28. The molecular weight excluding hydrogens is 238 g/mol. The Morgan fingerprint density at radius 1 is 1.29 bits per heavy atom. The van der Waals surface area contributed by atoms with Gasteiger partial charge in [-0.05, 0) is 33.3 Å². The number of benzene rings is 1. The van der Waals surface area contributed by atoms with Gasteiger partial charge in [-0.2, -0.15) is 0 Å². The number of rotatable bonds is 2. The molecule has 0 radical (unpaired) electrons. The highest BCUT2D eigenvalue weighted by Crippen LogP contribution is 2.24. The molecular formula is C13H18ClNO2. The Morgan fingerprint density at radius 2 is 1.82 bits per heavy atom. The third-order valence-electron chi connectivity index (χ3n) is 2.19. The minimum absolute atomic E-state index is 0.229. The molecule has 0 heterocycles. The average Bonchev–Trinajstić information content (AvgIpc) is 2.26. The molecule has 1 aromatic rings. The molecule has 0 saturated carbocycles. The van der Waals surface area contributed by atoms with Gasteiger partial charge in [0.15, 0.2) is 0 Å². The molecule has 0 fully saturated rings. The molecule has 0 aliphatic heterocycles. The van der Waals surface area contributed by atoms with E-state index in [-0.39, 0.29) is 6.04 Å². The molecule has 0 aromatic heterocycles. The number of amides is 1. The molecule has 4 heteroatoms. The highest BCUT2D eigenvalue weighted by Gasteiger charge is 2.25. The van der Waals surface area contributed by atoms with Crippen molar-refractivity contribution in [3.8, 4) is 0 Å². The van der Waals surface area contributed by atoms with Crippen LogP contribution in [0.25, 0.3) is 0 Å². The van der Waals surface area contributed by atoms with Gasteiger partial charge in [0.1, 0.15) is 5.60 Å². The van der Waals surface area contributed by atoms with E-state index in [1.54, 1.807) is 0 Å². The first kappa shape index (κ1) is 13.8. The molecule has 94 valence electrons. The van der Waals surface area contributed by atoms with Gasteiger partial charge in [0.25, 0.3) is 0 Å². The number of ether oxygens (including phenoxy) is 1.